The molecule has 0 unspecified atom stereocenters. The van der Waals surface area contributed by atoms with Gasteiger partial charge in [0.25, 0.3) is 0 Å². The van der Waals surface area contributed by atoms with Gasteiger partial charge in [-0.25, -0.2) is 13.2 Å². The SMILES string of the molecule is CCOC(=O)OC.O=S1(=O)CCCC1. The lowest BCUT2D eigenvalue weighted by molar-refractivity contribution is 0.0771. The van der Waals surface area contributed by atoms with Crippen LogP contribution in [-0.2, 0) is 19.3 Å². The molecule has 0 aromatic rings. The van der Waals surface area contributed by atoms with E-state index in [1.54, 1.807) is 6.92 Å². The number of rotatable bonds is 1. The zero-order valence-corrected chi connectivity index (χ0v) is 9.30. The van der Waals surface area contributed by atoms with Crippen LogP contribution in [0.5, 0.6) is 0 Å². The third-order valence-electron chi connectivity index (χ3n) is 1.59. The Morgan fingerprint density at radius 3 is 1.93 bits per heavy atom. The van der Waals surface area contributed by atoms with Gasteiger partial charge in [-0.2, -0.15) is 0 Å². The molecule has 1 aliphatic heterocycles. The number of methoxy groups -OCH3 is 1. The molecule has 0 atom stereocenters. The molecule has 0 amide bonds. The smallest absolute Gasteiger partial charge is 0.438 e. The predicted octanol–water partition coefficient (Wildman–Crippen LogP) is 0.984. The molecule has 0 bridgehead atoms. The van der Waals surface area contributed by atoms with Crippen molar-refractivity contribution in [3.63, 3.8) is 0 Å². The van der Waals surface area contributed by atoms with Gasteiger partial charge in [-0.05, 0) is 19.8 Å². The van der Waals surface area contributed by atoms with Gasteiger partial charge in [-0.15, -0.1) is 0 Å². The predicted molar refractivity (Wildman–Crippen MR) is 51.9 cm³/mol. The van der Waals surface area contributed by atoms with Crippen molar-refractivity contribution in [3.8, 4) is 0 Å². The van der Waals surface area contributed by atoms with Crippen LogP contribution in [0.25, 0.3) is 0 Å². The molecule has 1 saturated heterocycles. The number of carbonyl (C=O) groups is 1. The van der Waals surface area contributed by atoms with Crippen LogP contribution in [-0.4, -0.2) is 39.8 Å². The summed E-state index contributed by atoms with van der Waals surface area (Å²) in [4.78, 5) is 9.97. The number of hydrogen-bond donors (Lipinski definition) is 0. The van der Waals surface area contributed by atoms with E-state index in [1.165, 1.54) is 7.11 Å². The zero-order chi connectivity index (χ0) is 11.0. The molecule has 0 spiro atoms. The molecule has 0 aliphatic carbocycles. The second-order valence-corrected chi connectivity index (χ2v) is 5.05. The third-order valence-corrected chi connectivity index (χ3v) is 3.41. The number of ether oxygens (including phenoxy) is 2. The largest absolute Gasteiger partial charge is 0.507 e. The number of carbonyl (C=O) groups excluding carboxylic acids is 1. The van der Waals surface area contributed by atoms with E-state index in [1.807, 2.05) is 0 Å². The molecule has 5 nitrogen and oxygen atoms in total. The minimum Gasteiger partial charge on any atom is -0.438 e. The van der Waals surface area contributed by atoms with Crippen LogP contribution < -0.4 is 0 Å². The van der Waals surface area contributed by atoms with Gasteiger partial charge >= 0.3 is 6.16 Å². The van der Waals surface area contributed by atoms with Crippen molar-refractivity contribution in [2.45, 2.75) is 19.8 Å². The Labute approximate surface area is 84.3 Å². The van der Waals surface area contributed by atoms with E-state index in [9.17, 15) is 13.2 Å². The van der Waals surface area contributed by atoms with Crippen LogP contribution in [0.1, 0.15) is 19.8 Å². The summed E-state index contributed by atoms with van der Waals surface area (Å²) < 4.78 is 29.3. The lowest BCUT2D eigenvalue weighted by Crippen LogP contribution is -2.02. The normalized spacial score (nSPS) is 17.9. The fourth-order valence-corrected chi connectivity index (χ4v) is 2.41. The Morgan fingerprint density at radius 1 is 1.29 bits per heavy atom. The average molecular weight is 224 g/mol. The monoisotopic (exact) mass is 224 g/mol. The van der Waals surface area contributed by atoms with Gasteiger partial charge in [0.1, 0.15) is 9.84 Å². The molecule has 0 N–H and O–H groups in total. The van der Waals surface area contributed by atoms with Gasteiger partial charge in [-0.3, -0.25) is 0 Å². The lowest BCUT2D eigenvalue weighted by Gasteiger charge is -1.94. The summed E-state index contributed by atoms with van der Waals surface area (Å²) in [5.74, 6) is 0.847. The minimum atomic E-state index is -2.55. The van der Waals surface area contributed by atoms with E-state index in [-0.39, 0.29) is 0 Å². The first-order valence-electron chi connectivity index (χ1n) is 4.43. The quantitative estimate of drug-likeness (QED) is 0.621. The summed E-state index contributed by atoms with van der Waals surface area (Å²) in [5, 5.41) is 0. The standard InChI is InChI=1S/C4H8O3.C4H8O2S/c1-3-7-4(5)6-2;5-7(6)3-1-2-4-7/h3H2,1-2H3;1-4H2. The van der Waals surface area contributed by atoms with Crippen molar-refractivity contribution < 1.29 is 22.7 Å². The summed E-state index contributed by atoms with van der Waals surface area (Å²) in [7, 11) is -1.27. The molecular formula is C8H16O5S. The molecular weight excluding hydrogens is 208 g/mol. The van der Waals surface area contributed by atoms with Crippen LogP contribution in [0.3, 0.4) is 0 Å². The summed E-state index contributed by atoms with van der Waals surface area (Å²) in [6.07, 6.45) is 1.13. The highest BCUT2D eigenvalue weighted by Gasteiger charge is 2.16. The molecule has 1 heterocycles. The van der Waals surface area contributed by atoms with E-state index in [0.717, 1.165) is 12.8 Å². The fourth-order valence-electron chi connectivity index (χ4n) is 0.923. The highest BCUT2D eigenvalue weighted by Crippen LogP contribution is 2.08. The first-order chi connectivity index (χ1) is 6.52. The third kappa shape index (κ3) is 6.71. The van der Waals surface area contributed by atoms with Crippen molar-refractivity contribution in [2.24, 2.45) is 0 Å². The Balaban J connectivity index is 0.000000241. The molecule has 0 aromatic heterocycles. The molecule has 1 fully saturated rings. The maximum atomic E-state index is 10.4. The number of hydrogen-bond acceptors (Lipinski definition) is 5. The zero-order valence-electron chi connectivity index (χ0n) is 8.49. The molecule has 14 heavy (non-hydrogen) atoms. The summed E-state index contributed by atoms with van der Waals surface area (Å²) in [6.45, 7) is 2.09. The van der Waals surface area contributed by atoms with Crippen LogP contribution >= 0.6 is 0 Å². The van der Waals surface area contributed by atoms with Crippen LogP contribution in [0, 0.1) is 0 Å². The average Bonchev–Trinajstić information content (AvgIpc) is 2.51. The molecule has 0 saturated carbocycles. The maximum Gasteiger partial charge on any atom is 0.507 e. The Hall–Kier alpha value is -0.780. The molecule has 1 aliphatic rings. The highest BCUT2D eigenvalue weighted by atomic mass is 32.2. The van der Waals surface area contributed by atoms with E-state index in [4.69, 9.17) is 0 Å². The minimum absolute atomic E-state index is 0.368. The van der Waals surface area contributed by atoms with E-state index < -0.39 is 16.0 Å². The Kier molecular flexibility index (Phi) is 6.27. The van der Waals surface area contributed by atoms with E-state index >= 15 is 0 Å². The topological polar surface area (TPSA) is 69.7 Å². The van der Waals surface area contributed by atoms with Crippen molar-refractivity contribution >= 4 is 16.0 Å². The molecule has 0 radical (unpaired) electrons. The lowest BCUT2D eigenvalue weighted by atomic mass is 10.4. The number of sulfone groups is 1. The first-order valence-corrected chi connectivity index (χ1v) is 6.25. The van der Waals surface area contributed by atoms with Crippen molar-refractivity contribution in [1.82, 2.24) is 0 Å². The van der Waals surface area contributed by atoms with Crippen LogP contribution in [0.4, 0.5) is 4.79 Å². The van der Waals surface area contributed by atoms with Gasteiger partial charge in [0.15, 0.2) is 0 Å². The Bertz CT molecular complexity index is 245. The second-order valence-electron chi connectivity index (χ2n) is 2.75. The van der Waals surface area contributed by atoms with Crippen molar-refractivity contribution in [1.29, 1.82) is 0 Å². The van der Waals surface area contributed by atoms with E-state index in [0.29, 0.717) is 18.1 Å². The molecule has 1 rings (SSSR count). The van der Waals surface area contributed by atoms with Crippen LogP contribution in [0.15, 0.2) is 0 Å². The van der Waals surface area contributed by atoms with Gasteiger partial charge in [-0.1, -0.05) is 0 Å². The fraction of sp³-hybridized carbons (Fsp3) is 0.875. The van der Waals surface area contributed by atoms with Gasteiger partial charge in [0, 0.05) is 0 Å². The van der Waals surface area contributed by atoms with Gasteiger partial charge in [0.2, 0.25) is 0 Å². The Morgan fingerprint density at radius 2 is 1.79 bits per heavy atom. The first kappa shape index (κ1) is 13.2. The van der Waals surface area contributed by atoms with E-state index in [2.05, 4.69) is 9.47 Å². The highest BCUT2D eigenvalue weighted by molar-refractivity contribution is 7.91. The van der Waals surface area contributed by atoms with Gasteiger partial charge in [0.05, 0.1) is 25.2 Å². The molecule has 84 valence electrons. The maximum absolute atomic E-state index is 10.4. The van der Waals surface area contributed by atoms with Crippen LogP contribution in [0.2, 0.25) is 0 Å². The second kappa shape index (κ2) is 6.64. The summed E-state index contributed by atoms with van der Waals surface area (Å²) in [5.41, 5.74) is 0. The summed E-state index contributed by atoms with van der Waals surface area (Å²) in [6, 6.07) is 0. The van der Waals surface area contributed by atoms with Crippen molar-refractivity contribution in [3.05, 3.63) is 0 Å². The molecule has 0 aromatic carbocycles. The van der Waals surface area contributed by atoms with Crippen molar-refractivity contribution in [2.75, 3.05) is 25.2 Å². The molecule has 6 heteroatoms. The van der Waals surface area contributed by atoms with Gasteiger partial charge < -0.3 is 9.47 Å². The summed E-state index contributed by atoms with van der Waals surface area (Å²) >= 11 is 0.